The van der Waals surface area contributed by atoms with Crippen LogP contribution in [0.2, 0.25) is 0 Å². The summed E-state index contributed by atoms with van der Waals surface area (Å²) in [5, 5.41) is 5.33. The fraction of sp³-hybridized carbons (Fsp3) is 0.0667. The molecule has 0 aliphatic rings. The Bertz CT molecular complexity index is 849. The topological polar surface area (TPSA) is 59.3 Å². The van der Waals surface area contributed by atoms with Crippen LogP contribution in [0.4, 0.5) is 5.69 Å². The Balaban J connectivity index is 2.38. The summed E-state index contributed by atoms with van der Waals surface area (Å²) >= 11 is 0. The number of rotatable bonds is 1. The van der Waals surface area contributed by atoms with Crippen LogP contribution >= 0.6 is 0 Å². The molecule has 0 spiro atoms. The molecular formula is C15H11NO3. The SMILES string of the molecule is CC(=O)Nc1cc2c(ccc3ccccc32)oc1=O. The number of carbonyl (C=O) groups excluding carboxylic acids is 1. The van der Waals surface area contributed by atoms with Crippen molar-refractivity contribution in [2.45, 2.75) is 6.92 Å². The smallest absolute Gasteiger partial charge is 0.360 e. The maximum Gasteiger partial charge on any atom is 0.360 e. The Labute approximate surface area is 108 Å². The molecule has 0 saturated carbocycles. The Morgan fingerprint density at radius 2 is 1.89 bits per heavy atom. The predicted molar refractivity (Wildman–Crippen MR) is 74.3 cm³/mol. The van der Waals surface area contributed by atoms with Gasteiger partial charge in [0.1, 0.15) is 11.3 Å². The molecule has 0 atom stereocenters. The number of nitrogens with one attached hydrogen (secondary N) is 1. The first-order chi connectivity index (χ1) is 9.15. The van der Waals surface area contributed by atoms with Gasteiger partial charge in [-0.2, -0.15) is 0 Å². The lowest BCUT2D eigenvalue weighted by atomic mass is 10.1. The molecule has 0 bridgehead atoms. The van der Waals surface area contributed by atoms with E-state index in [0.717, 1.165) is 16.2 Å². The van der Waals surface area contributed by atoms with E-state index in [1.807, 2.05) is 30.3 Å². The number of carbonyl (C=O) groups is 1. The molecule has 0 saturated heterocycles. The minimum Gasteiger partial charge on any atom is -0.421 e. The van der Waals surface area contributed by atoms with Crippen LogP contribution in [0, 0.1) is 0 Å². The summed E-state index contributed by atoms with van der Waals surface area (Å²) in [4.78, 5) is 22.8. The van der Waals surface area contributed by atoms with Crippen LogP contribution in [0.3, 0.4) is 0 Å². The molecule has 1 heterocycles. The van der Waals surface area contributed by atoms with E-state index in [4.69, 9.17) is 4.42 Å². The first-order valence-corrected chi connectivity index (χ1v) is 5.88. The highest BCUT2D eigenvalue weighted by Gasteiger charge is 2.08. The van der Waals surface area contributed by atoms with Crippen molar-refractivity contribution in [3.05, 3.63) is 52.9 Å². The number of hydrogen-bond donors (Lipinski definition) is 1. The van der Waals surface area contributed by atoms with Crippen molar-refractivity contribution < 1.29 is 9.21 Å². The molecule has 0 unspecified atom stereocenters. The van der Waals surface area contributed by atoms with Gasteiger partial charge in [-0.25, -0.2) is 4.79 Å². The summed E-state index contributed by atoms with van der Waals surface area (Å²) in [5.74, 6) is -0.299. The average Bonchev–Trinajstić information content (AvgIpc) is 2.39. The lowest BCUT2D eigenvalue weighted by Crippen LogP contribution is -2.14. The molecular weight excluding hydrogens is 242 g/mol. The van der Waals surface area contributed by atoms with E-state index in [-0.39, 0.29) is 11.6 Å². The summed E-state index contributed by atoms with van der Waals surface area (Å²) in [7, 11) is 0. The van der Waals surface area contributed by atoms with Crippen molar-refractivity contribution in [3.63, 3.8) is 0 Å². The van der Waals surface area contributed by atoms with Gasteiger partial charge in [-0.3, -0.25) is 4.79 Å². The van der Waals surface area contributed by atoms with E-state index in [1.54, 1.807) is 12.1 Å². The summed E-state index contributed by atoms with van der Waals surface area (Å²) in [5.41, 5.74) is 0.132. The summed E-state index contributed by atoms with van der Waals surface area (Å²) in [6.07, 6.45) is 0. The van der Waals surface area contributed by atoms with Gasteiger partial charge in [-0.1, -0.05) is 30.3 Å². The lowest BCUT2D eigenvalue weighted by molar-refractivity contribution is -0.114. The zero-order chi connectivity index (χ0) is 13.4. The Kier molecular flexibility index (Phi) is 2.56. The first kappa shape index (κ1) is 11.5. The maximum absolute atomic E-state index is 11.7. The lowest BCUT2D eigenvalue weighted by Gasteiger charge is -2.05. The van der Waals surface area contributed by atoms with Gasteiger partial charge in [-0.15, -0.1) is 0 Å². The highest BCUT2D eigenvalue weighted by atomic mass is 16.4. The molecule has 1 amide bonds. The number of hydrogen-bond acceptors (Lipinski definition) is 3. The largest absolute Gasteiger partial charge is 0.421 e. The summed E-state index contributed by atoms with van der Waals surface area (Å²) < 4.78 is 5.23. The minimum atomic E-state index is -0.544. The van der Waals surface area contributed by atoms with Crippen molar-refractivity contribution >= 4 is 33.3 Å². The van der Waals surface area contributed by atoms with E-state index in [2.05, 4.69) is 5.32 Å². The molecule has 0 aliphatic carbocycles. The van der Waals surface area contributed by atoms with Crippen LogP contribution in [0.5, 0.6) is 0 Å². The minimum absolute atomic E-state index is 0.163. The molecule has 1 aromatic heterocycles. The molecule has 1 N–H and O–H groups in total. The average molecular weight is 253 g/mol. The number of benzene rings is 2. The second kappa shape index (κ2) is 4.24. The van der Waals surface area contributed by atoms with Crippen LogP contribution in [-0.2, 0) is 4.79 Å². The van der Waals surface area contributed by atoms with Crippen LogP contribution in [-0.4, -0.2) is 5.91 Å². The Hall–Kier alpha value is -2.62. The second-order valence-electron chi connectivity index (χ2n) is 4.33. The molecule has 3 rings (SSSR count). The molecule has 19 heavy (non-hydrogen) atoms. The third-order valence-corrected chi connectivity index (χ3v) is 2.95. The quantitative estimate of drug-likeness (QED) is 0.536. The van der Waals surface area contributed by atoms with Crippen molar-refractivity contribution in [1.82, 2.24) is 0 Å². The van der Waals surface area contributed by atoms with Gasteiger partial charge in [0.2, 0.25) is 5.91 Å². The van der Waals surface area contributed by atoms with Crippen molar-refractivity contribution in [2.75, 3.05) is 5.32 Å². The molecule has 4 heteroatoms. The van der Waals surface area contributed by atoms with Crippen LogP contribution in [0.25, 0.3) is 21.7 Å². The van der Waals surface area contributed by atoms with Gasteiger partial charge < -0.3 is 9.73 Å². The number of fused-ring (bicyclic) bond motifs is 3. The van der Waals surface area contributed by atoms with Crippen molar-refractivity contribution in [2.24, 2.45) is 0 Å². The predicted octanol–water partition coefficient (Wildman–Crippen LogP) is 2.90. The highest BCUT2D eigenvalue weighted by Crippen LogP contribution is 2.25. The van der Waals surface area contributed by atoms with Crippen LogP contribution < -0.4 is 10.9 Å². The van der Waals surface area contributed by atoms with Gasteiger partial charge in [0, 0.05) is 12.3 Å². The van der Waals surface area contributed by atoms with Crippen LogP contribution in [0.1, 0.15) is 6.92 Å². The van der Waals surface area contributed by atoms with E-state index in [9.17, 15) is 9.59 Å². The molecule has 3 aromatic rings. The van der Waals surface area contributed by atoms with Gasteiger partial charge in [0.05, 0.1) is 0 Å². The Morgan fingerprint density at radius 3 is 2.68 bits per heavy atom. The van der Waals surface area contributed by atoms with Crippen molar-refractivity contribution in [3.8, 4) is 0 Å². The monoisotopic (exact) mass is 253 g/mol. The second-order valence-corrected chi connectivity index (χ2v) is 4.33. The standard InChI is InChI=1S/C15H11NO3/c1-9(17)16-13-8-12-11-5-3-2-4-10(11)6-7-14(12)19-15(13)18/h2-8H,1H3,(H,16,17). The summed E-state index contributed by atoms with van der Waals surface area (Å²) in [6.45, 7) is 1.35. The first-order valence-electron chi connectivity index (χ1n) is 5.88. The van der Waals surface area contributed by atoms with E-state index in [0.29, 0.717) is 5.58 Å². The summed E-state index contributed by atoms with van der Waals surface area (Å²) in [6, 6.07) is 13.1. The third kappa shape index (κ3) is 1.97. The van der Waals surface area contributed by atoms with Gasteiger partial charge >= 0.3 is 5.63 Å². The van der Waals surface area contributed by atoms with Crippen LogP contribution in [0.15, 0.2) is 51.7 Å². The molecule has 0 aliphatic heterocycles. The Morgan fingerprint density at radius 1 is 1.11 bits per heavy atom. The van der Waals surface area contributed by atoms with Crippen molar-refractivity contribution in [1.29, 1.82) is 0 Å². The molecule has 4 nitrogen and oxygen atoms in total. The molecule has 2 aromatic carbocycles. The molecule has 0 fully saturated rings. The normalized spacial score (nSPS) is 10.8. The van der Waals surface area contributed by atoms with E-state index in [1.165, 1.54) is 6.92 Å². The van der Waals surface area contributed by atoms with E-state index >= 15 is 0 Å². The third-order valence-electron chi connectivity index (χ3n) is 2.95. The van der Waals surface area contributed by atoms with Gasteiger partial charge in [0.25, 0.3) is 0 Å². The van der Waals surface area contributed by atoms with Gasteiger partial charge in [0.15, 0.2) is 0 Å². The number of anilines is 1. The highest BCUT2D eigenvalue weighted by molar-refractivity contribution is 6.06. The fourth-order valence-corrected chi connectivity index (χ4v) is 2.15. The molecule has 94 valence electrons. The van der Waals surface area contributed by atoms with Gasteiger partial charge in [-0.05, 0) is 22.9 Å². The zero-order valence-electron chi connectivity index (χ0n) is 10.3. The molecule has 0 radical (unpaired) electrons. The fourth-order valence-electron chi connectivity index (χ4n) is 2.15. The maximum atomic E-state index is 11.7. The number of amides is 1. The van der Waals surface area contributed by atoms with E-state index < -0.39 is 5.63 Å². The zero-order valence-corrected chi connectivity index (χ0v) is 10.3.